The Morgan fingerprint density at radius 2 is 1.86 bits per heavy atom. The first-order chi connectivity index (χ1) is 14.0. The summed E-state index contributed by atoms with van der Waals surface area (Å²) in [6.07, 6.45) is 4.03. The Bertz CT molecular complexity index is 1110. The zero-order chi connectivity index (χ0) is 20.4. The minimum atomic E-state index is -0.546. The highest BCUT2D eigenvalue weighted by Crippen LogP contribution is 2.33. The molecular weight excluding hydrogens is 389 g/mol. The number of rotatable bonds is 5. The van der Waals surface area contributed by atoms with Gasteiger partial charge in [0.2, 0.25) is 5.91 Å². The summed E-state index contributed by atoms with van der Waals surface area (Å²) >= 11 is 1.24. The third kappa shape index (κ3) is 4.05. The number of carbonyl (C=O) groups is 1. The molecular formula is C22H22FN3O2S. The molecule has 1 amide bonds. The van der Waals surface area contributed by atoms with Crippen LogP contribution in [0.5, 0.6) is 0 Å². The van der Waals surface area contributed by atoms with E-state index in [1.54, 1.807) is 29.7 Å². The predicted octanol–water partition coefficient (Wildman–Crippen LogP) is 4.77. The molecule has 1 N–H and O–H groups in total. The fourth-order valence-electron chi connectivity index (χ4n) is 3.70. The van der Waals surface area contributed by atoms with Crippen molar-refractivity contribution >= 4 is 34.3 Å². The minimum absolute atomic E-state index is 0.0632. The number of hydrogen-bond acceptors (Lipinski definition) is 4. The van der Waals surface area contributed by atoms with E-state index in [2.05, 4.69) is 5.32 Å². The summed E-state index contributed by atoms with van der Waals surface area (Å²) in [5.74, 6) is -0.815. The molecule has 3 aromatic rings. The van der Waals surface area contributed by atoms with Gasteiger partial charge in [-0.05, 0) is 44.0 Å². The van der Waals surface area contributed by atoms with Crippen molar-refractivity contribution < 1.29 is 9.18 Å². The van der Waals surface area contributed by atoms with E-state index in [9.17, 15) is 14.0 Å². The van der Waals surface area contributed by atoms with E-state index in [0.717, 1.165) is 25.7 Å². The smallest absolute Gasteiger partial charge is 0.262 e. The van der Waals surface area contributed by atoms with E-state index in [4.69, 9.17) is 4.98 Å². The Morgan fingerprint density at radius 1 is 1.17 bits per heavy atom. The average Bonchev–Trinajstić information content (AvgIpc) is 3.24. The number of para-hydroxylation sites is 2. The van der Waals surface area contributed by atoms with Crippen LogP contribution in [0.15, 0.2) is 58.5 Å². The van der Waals surface area contributed by atoms with Crippen molar-refractivity contribution in [2.45, 2.75) is 49.1 Å². The fourth-order valence-corrected chi connectivity index (χ4v) is 4.68. The van der Waals surface area contributed by atoms with Gasteiger partial charge in [-0.1, -0.05) is 48.9 Å². The molecule has 7 heteroatoms. The zero-order valence-electron chi connectivity index (χ0n) is 16.1. The fraction of sp³-hybridized carbons (Fsp3) is 0.318. The average molecular weight is 412 g/mol. The molecule has 150 valence electrons. The van der Waals surface area contributed by atoms with Gasteiger partial charge >= 0.3 is 0 Å². The van der Waals surface area contributed by atoms with E-state index in [1.165, 1.54) is 23.9 Å². The highest BCUT2D eigenvalue weighted by Gasteiger charge is 2.25. The van der Waals surface area contributed by atoms with Crippen LogP contribution < -0.4 is 10.9 Å². The van der Waals surface area contributed by atoms with Crippen molar-refractivity contribution in [2.75, 3.05) is 5.32 Å². The van der Waals surface area contributed by atoms with E-state index in [0.29, 0.717) is 16.1 Å². The van der Waals surface area contributed by atoms with Crippen LogP contribution in [0.2, 0.25) is 0 Å². The SMILES string of the molecule is C[C@@H](Sc1nc2ccccc2c(=O)n1C1CCCC1)C(=O)Nc1ccccc1F. The lowest BCUT2D eigenvalue weighted by atomic mass is 10.2. The van der Waals surface area contributed by atoms with Gasteiger partial charge in [0.1, 0.15) is 5.82 Å². The number of benzene rings is 2. The molecule has 1 aliphatic carbocycles. The summed E-state index contributed by atoms with van der Waals surface area (Å²) in [5, 5.41) is 3.20. The summed E-state index contributed by atoms with van der Waals surface area (Å²) < 4.78 is 15.6. The molecule has 1 aromatic heterocycles. The van der Waals surface area contributed by atoms with Crippen LogP contribution in [0.4, 0.5) is 10.1 Å². The molecule has 4 rings (SSSR count). The molecule has 0 unspecified atom stereocenters. The van der Waals surface area contributed by atoms with Gasteiger partial charge in [-0.25, -0.2) is 9.37 Å². The summed E-state index contributed by atoms with van der Waals surface area (Å²) in [5.41, 5.74) is 0.701. The van der Waals surface area contributed by atoms with Crippen LogP contribution in [-0.4, -0.2) is 20.7 Å². The highest BCUT2D eigenvalue weighted by molar-refractivity contribution is 8.00. The molecule has 0 aliphatic heterocycles. The van der Waals surface area contributed by atoms with Crippen LogP contribution in [0.25, 0.3) is 10.9 Å². The monoisotopic (exact) mass is 411 g/mol. The maximum atomic E-state index is 13.9. The summed E-state index contributed by atoms with van der Waals surface area (Å²) in [6, 6.07) is 13.4. The Labute approximate surface area is 172 Å². The third-order valence-electron chi connectivity index (χ3n) is 5.25. The molecule has 5 nitrogen and oxygen atoms in total. The largest absolute Gasteiger partial charge is 0.323 e. The van der Waals surface area contributed by atoms with Crippen molar-refractivity contribution in [3.8, 4) is 0 Å². The minimum Gasteiger partial charge on any atom is -0.323 e. The maximum absolute atomic E-state index is 13.9. The van der Waals surface area contributed by atoms with Crippen molar-refractivity contribution in [3.05, 3.63) is 64.7 Å². The van der Waals surface area contributed by atoms with E-state index >= 15 is 0 Å². The van der Waals surface area contributed by atoms with Crippen LogP contribution in [0.1, 0.15) is 38.6 Å². The maximum Gasteiger partial charge on any atom is 0.262 e. The molecule has 1 aliphatic rings. The van der Waals surface area contributed by atoms with Gasteiger partial charge in [-0.3, -0.25) is 14.2 Å². The molecule has 0 bridgehead atoms. The van der Waals surface area contributed by atoms with E-state index < -0.39 is 11.1 Å². The van der Waals surface area contributed by atoms with Gasteiger partial charge in [0, 0.05) is 6.04 Å². The van der Waals surface area contributed by atoms with Gasteiger partial charge in [0.15, 0.2) is 5.16 Å². The topological polar surface area (TPSA) is 64.0 Å². The van der Waals surface area contributed by atoms with Gasteiger partial charge in [-0.15, -0.1) is 0 Å². The van der Waals surface area contributed by atoms with Crippen LogP contribution >= 0.6 is 11.8 Å². The van der Waals surface area contributed by atoms with Gasteiger partial charge < -0.3 is 5.32 Å². The summed E-state index contributed by atoms with van der Waals surface area (Å²) in [7, 11) is 0. The highest BCUT2D eigenvalue weighted by atomic mass is 32.2. The van der Waals surface area contributed by atoms with Crippen molar-refractivity contribution in [1.82, 2.24) is 9.55 Å². The lowest BCUT2D eigenvalue weighted by Gasteiger charge is -2.20. The molecule has 1 atom stereocenters. The quantitative estimate of drug-likeness (QED) is 0.485. The Kier molecular flexibility index (Phi) is 5.67. The number of fused-ring (bicyclic) bond motifs is 1. The number of nitrogens with one attached hydrogen (secondary N) is 1. The second-order valence-corrected chi connectivity index (χ2v) is 8.56. The summed E-state index contributed by atoms with van der Waals surface area (Å²) in [6.45, 7) is 1.74. The number of aromatic nitrogens is 2. The lowest BCUT2D eigenvalue weighted by molar-refractivity contribution is -0.115. The normalized spacial score (nSPS) is 15.5. The molecule has 1 fully saturated rings. The summed E-state index contributed by atoms with van der Waals surface area (Å²) in [4.78, 5) is 30.5. The van der Waals surface area contributed by atoms with Crippen molar-refractivity contribution in [2.24, 2.45) is 0 Å². The first kappa shape index (κ1) is 19.6. The third-order valence-corrected chi connectivity index (χ3v) is 6.31. The molecule has 0 saturated heterocycles. The Morgan fingerprint density at radius 3 is 2.62 bits per heavy atom. The van der Waals surface area contributed by atoms with Crippen LogP contribution in [-0.2, 0) is 4.79 Å². The van der Waals surface area contributed by atoms with Gasteiger partial charge in [0.05, 0.1) is 21.8 Å². The van der Waals surface area contributed by atoms with Gasteiger partial charge in [0.25, 0.3) is 5.56 Å². The lowest BCUT2D eigenvalue weighted by Crippen LogP contribution is -2.29. The van der Waals surface area contributed by atoms with Crippen LogP contribution in [0, 0.1) is 5.82 Å². The van der Waals surface area contributed by atoms with Crippen molar-refractivity contribution in [3.63, 3.8) is 0 Å². The molecule has 0 spiro atoms. The van der Waals surface area contributed by atoms with Gasteiger partial charge in [-0.2, -0.15) is 0 Å². The number of anilines is 1. The second kappa shape index (κ2) is 8.37. The molecule has 1 saturated carbocycles. The number of nitrogens with zero attached hydrogens (tertiary/aromatic N) is 2. The van der Waals surface area contributed by atoms with E-state index in [1.807, 2.05) is 18.2 Å². The Balaban J connectivity index is 1.65. The van der Waals surface area contributed by atoms with Crippen LogP contribution in [0.3, 0.4) is 0 Å². The number of carbonyl (C=O) groups excluding carboxylic acids is 1. The second-order valence-electron chi connectivity index (χ2n) is 7.25. The first-order valence-electron chi connectivity index (χ1n) is 9.78. The first-order valence-corrected chi connectivity index (χ1v) is 10.7. The number of hydrogen-bond donors (Lipinski definition) is 1. The molecule has 29 heavy (non-hydrogen) atoms. The number of halogens is 1. The number of thioether (sulfide) groups is 1. The predicted molar refractivity (Wildman–Crippen MR) is 114 cm³/mol. The molecule has 2 aromatic carbocycles. The molecule has 1 heterocycles. The standard InChI is InChI=1S/C22H22FN3O2S/c1-14(20(27)24-19-13-7-5-11-17(19)23)29-22-25-18-12-6-4-10-16(18)21(28)26(22)15-8-2-3-9-15/h4-7,10-15H,2-3,8-9H2,1H3,(H,24,27)/t14-/m1/s1. The Hall–Kier alpha value is -2.67. The zero-order valence-corrected chi connectivity index (χ0v) is 16.9. The molecule has 0 radical (unpaired) electrons. The van der Waals surface area contributed by atoms with E-state index in [-0.39, 0.29) is 23.2 Å². The number of amides is 1. The van der Waals surface area contributed by atoms with Crippen molar-refractivity contribution in [1.29, 1.82) is 0 Å².